The van der Waals surface area contributed by atoms with E-state index in [-0.39, 0.29) is 16.9 Å². The summed E-state index contributed by atoms with van der Waals surface area (Å²) in [6.07, 6.45) is 5.98. The van der Waals surface area contributed by atoms with Crippen molar-refractivity contribution in [2.75, 3.05) is 45.6 Å². The molecule has 2 fully saturated rings. The summed E-state index contributed by atoms with van der Waals surface area (Å²) in [5, 5.41) is 6.89. The Bertz CT molecular complexity index is 530. The molecule has 0 aliphatic carbocycles. The van der Waals surface area contributed by atoms with Crippen molar-refractivity contribution in [3.63, 3.8) is 0 Å². The standard InChI is InChI=1S/C20H38N4O3S/c1-6-21-17(22-15-20(28-5)9-12-26-13-10-20)23-16-8-7-11-24(14-16)18(25)27-19(2,3)4/h16H,6-15H2,1-5H3,(H2,21,22,23). The lowest BCUT2D eigenvalue weighted by molar-refractivity contribution is 0.0193. The molecule has 2 saturated heterocycles. The Balaban J connectivity index is 1.95. The summed E-state index contributed by atoms with van der Waals surface area (Å²) in [5.74, 6) is 0.832. The van der Waals surface area contributed by atoms with Crippen LogP contribution in [0.4, 0.5) is 4.79 Å². The largest absolute Gasteiger partial charge is 0.444 e. The van der Waals surface area contributed by atoms with Crippen molar-refractivity contribution < 1.29 is 14.3 Å². The van der Waals surface area contributed by atoms with E-state index >= 15 is 0 Å². The normalized spacial score (nSPS) is 23.2. The van der Waals surface area contributed by atoms with Gasteiger partial charge in [0.15, 0.2) is 5.96 Å². The molecule has 0 saturated carbocycles. The Labute approximate surface area is 174 Å². The number of thioether (sulfide) groups is 1. The summed E-state index contributed by atoms with van der Waals surface area (Å²) in [7, 11) is 0. The van der Waals surface area contributed by atoms with Gasteiger partial charge in [-0.2, -0.15) is 11.8 Å². The second-order valence-electron chi connectivity index (χ2n) is 8.60. The highest BCUT2D eigenvalue weighted by Crippen LogP contribution is 2.34. The molecule has 0 radical (unpaired) electrons. The van der Waals surface area contributed by atoms with Gasteiger partial charge in [-0.15, -0.1) is 0 Å². The SMILES string of the molecule is CCNC(=NCC1(SC)CCOCC1)NC1CCCN(C(=O)OC(C)(C)C)C1. The van der Waals surface area contributed by atoms with Crippen molar-refractivity contribution in [3.05, 3.63) is 0 Å². The molecule has 1 atom stereocenters. The predicted octanol–water partition coefficient (Wildman–Crippen LogP) is 2.85. The molecule has 2 rings (SSSR count). The lowest BCUT2D eigenvalue weighted by atomic mass is 9.99. The number of amides is 1. The number of nitrogens with zero attached hydrogens (tertiary/aromatic N) is 2. The quantitative estimate of drug-likeness (QED) is 0.532. The van der Waals surface area contributed by atoms with Gasteiger partial charge in [-0.05, 0) is 59.6 Å². The van der Waals surface area contributed by atoms with Gasteiger partial charge in [-0.3, -0.25) is 4.99 Å². The average molecular weight is 415 g/mol. The van der Waals surface area contributed by atoms with Crippen LogP contribution >= 0.6 is 11.8 Å². The Morgan fingerprint density at radius 1 is 1.36 bits per heavy atom. The van der Waals surface area contributed by atoms with E-state index in [0.717, 1.165) is 64.5 Å². The zero-order chi connectivity index (χ0) is 20.6. The first-order chi connectivity index (χ1) is 13.3. The molecule has 7 nitrogen and oxygen atoms in total. The van der Waals surface area contributed by atoms with Crippen molar-refractivity contribution in [2.24, 2.45) is 4.99 Å². The molecule has 2 aliphatic rings. The van der Waals surface area contributed by atoms with Gasteiger partial charge in [-0.25, -0.2) is 4.79 Å². The lowest BCUT2D eigenvalue weighted by Crippen LogP contribution is -2.53. The summed E-state index contributed by atoms with van der Waals surface area (Å²) >= 11 is 1.90. The zero-order valence-corrected chi connectivity index (χ0v) is 19.0. The Kier molecular flexibility index (Phi) is 8.74. The number of ether oxygens (including phenoxy) is 2. The summed E-state index contributed by atoms with van der Waals surface area (Å²) < 4.78 is 11.2. The highest BCUT2D eigenvalue weighted by Gasteiger charge is 2.32. The van der Waals surface area contributed by atoms with Crippen LogP contribution in [0.25, 0.3) is 0 Å². The third-order valence-corrected chi connectivity index (χ3v) is 6.52. The third kappa shape index (κ3) is 7.35. The van der Waals surface area contributed by atoms with E-state index in [0.29, 0.717) is 6.54 Å². The first-order valence-corrected chi connectivity index (χ1v) is 11.6. The van der Waals surface area contributed by atoms with Crippen LogP contribution in [0.2, 0.25) is 0 Å². The molecule has 0 aromatic carbocycles. The van der Waals surface area contributed by atoms with Gasteiger partial charge >= 0.3 is 6.09 Å². The van der Waals surface area contributed by atoms with Crippen LogP contribution in [-0.2, 0) is 9.47 Å². The van der Waals surface area contributed by atoms with Crippen LogP contribution in [0.1, 0.15) is 53.4 Å². The fourth-order valence-corrected chi connectivity index (χ4v) is 4.26. The molecule has 0 aromatic rings. The number of likely N-dealkylation sites (tertiary alicyclic amines) is 1. The van der Waals surface area contributed by atoms with Gasteiger partial charge in [-0.1, -0.05) is 0 Å². The molecule has 162 valence electrons. The van der Waals surface area contributed by atoms with Gasteiger partial charge in [0.05, 0.1) is 6.54 Å². The fraction of sp³-hybridized carbons (Fsp3) is 0.900. The second kappa shape index (κ2) is 10.6. The molecule has 2 N–H and O–H groups in total. The van der Waals surface area contributed by atoms with E-state index in [1.54, 1.807) is 4.90 Å². The summed E-state index contributed by atoms with van der Waals surface area (Å²) in [6.45, 7) is 12.4. The lowest BCUT2D eigenvalue weighted by Gasteiger charge is -2.36. The smallest absolute Gasteiger partial charge is 0.410 e. The summed E-state index contributed by atoms with van der Waals surface area (Å²) in [4.78, 5) is 19.1. The minimum Gasteiger partial charge on any atom is -0.444 e. The Hall–Kier alpha value is -1.15. The monoisotopic (exact) mass is 414 g/mol. The molecule has 2 heterocycles. The minimum absolute atomic E-state index is 0.162. The predicted molar refractivity (Wildman–Crippen MR) is 116 cm³/mol. The zero-order valence-electron chi connectivity index (χ0n) is 18.2. The number of hydrogen-bond acceptors (Lipinski definition) is 5. The van der Waals surface area contributed by atoms with E-state index in [4.69, 9.17) is 14.5 Å². The van der Waals surface area contributed by atoms with E-state index in [2.05, 4.69) is 23.8 Å². The molecule has 1 amide bonds. The molecule has 8 heteroatoms. The minimum atomic E-state index is -0.469. The maximum absolute atomic E-state index is 12.4. The van der Waals surface area contributed by atoms with Crippen molar-refractivity contribution in [1.82, 2.24) is 15.5 Å². The van der Waals surface area contributed by atoms with Crippen LogP contribution in [0.5, 0.6) is 0 Å². The molecule has 2 aliphatic heterocycles. The van der Waals surface area contributed by atoms with Crippen molar-refractivity contribution in [2.45, 2.75) is 69.8 Å². The van der Waals surface area contributed by atoms with Gasteiger partial charge < -0.3 is 25.0 Å². The van der Waals surface area contributed by atoms with Crippen LogP contribution in [0.3, 0.4) is 0 Å². The number of aliphatic imine (C=N–C) groups is 1. The van der Waals surface area contributed by atoms with E-state index in [1.165, 1.54) is 0 Å². The van der Waals surface area contributed by atoms with Gasteiger partial charge in [0.2, 0.25) is 0 Å². The van der Waals surface area contributed by atoms with Crippen LogP contribution in [-0.4, -0.2) is 79.0 Å². The number of guanidine groups is 1. The van der Waals surface area contributed by atoms with Gasteiger partial charge in [0.1, 0.15) is 5.60 Å². The third-order valence-electron chi connectivity index (χ3n) is 5.12. The molecular formula is C20H38N4O3S. The van der Waals surface area contributed by atoms with Crippen LogP contribution in [0.15, 0.2) is 4.99 Å². The molecule has 0 spiro atoms. The van der Waals surface area contributed by atoms with E-state index < -0.39 is 5.60 Å². The molecular weight excluding hydrogens is 376 g/mol. The highest BCUT2D eigenvalue weighted by molar-refractivity contribution is 8.00. The van der Waals surface area contributed by atoms with Crippen LogP contribution in [0, 0.1) is 0 Å². The maximum atomic E-state index is 12.4. The number of carbonyl (C=O) groups is 1. The molecule has 1 unspecified atom stereocenters. The molecule has 0 aromatic heterocycles. The second-order valence-corrected chi connectivity index (χ2v) is 9.88. The summed E-state index contributed by atoms with van der Waals surface area (Å²) in [5.41, 5.74) is -0.469. The summed E-state index contributed by atoms with van der Waals surface area (Å²) in [6, 6.07) is 0.180. The number of nitrogens with one attached hydrogen (secondary N) is 2. The Morgan fingerprint density at radius 3 is 2.68 bits per heavy atom. The van der Waals surface area contributed by atoms with Crippen LogP contribution < -0.4 is 10.6 Å². The van der Waals surface area contributed by atoms with Gasteiger partial charge in [0, 0.05) is 43.6 Å². The first kappa shape index (κ1) is 23.1. The van der Waals surface area contributed by atoms with E-state index in [1.807, 2.05) is 32.5 Å². The number of hydrogen-bond donors (Lipinski definition) is 2. The number of carbonyl (C=O) groups excluding carboxylic acids is 1. The van der Waals surface area contributed by atoms with Crippen molar-refractivity contribution >= 4 is 23.8 Å². The average Bonchev–Trinajstić information content (AvgIpc) is 2.66. The maximum Gasteiger partial charge on any atom is 0.410 e. The molecule has 28 heavy (non-hydrogen) atoms. The first-order valence-electron chi connectivity index (χ1n) is 10.4. The van der Waals surface area contributed by atoms with Crippen molar-refractivity contribution in [1.29, 1.82) is 0 Å². The number of rotatable bonds is 5. The number of piperidine rings is 1. The van der Waals surface area contributed by atoms with Gasteiger partial charge in [0.25, 0.3) is 0 Å². The molecule has 0 bridgehead atoms. The Morgan fingerprint density at radius 2 is 2.07 bits per heavy atom. The fourth-order valence-electron chi connectivity index (χ4n) is 3.49. The topological polar surface area (TPSA) is 75.2 Å². The highest BCUT2D eigenvalue weighted by atomic mass is 32.2. The van der Waals surface area contributed by atoms with E-state index in [9.17, 15) is 4.79 Å². The van der Waals surface area contributed by atoms with Crippen molar-refractivity contribution in [3.8, 4) is 0 Å².